The van der Waals surface area contributed by atoms with Gasteiger partial charge in [-0.05, 0) is 30.3 Å². The summed E-state index contributed by atoms with van der Waals surface area (Å²) in [5, 5.41) is 0. The molecule has 0 aromatic heterocycles. The van der Waals surface area contributed by atoms with E-state index in [-0.39, 0.29) is 10.6 Å². The van der Waals surface area contributed by atoms with E-state index in [1.807, 2.05) is 0 Å². The first-order valence-electron chi connectivity index (χ1n) is 6.71. The van der Waals surface area contributed by atoms with Gasteiger partial charge in [0.1, 0.15) is 14.7 Å². The van der Waals surface area contributed by atoms with Crippen molar-refractivity contribution in [2.24, 2.45) is 0 Å². The van der Waals surface area contributed by atoms with Crippen molar-refractivity contribution in [2.75, 3.05) is 22.9 Å². The van der Waals surface area contributed by atoms with Gasteiger partial charge in [0.2, 0.25) is 0 Å². The molecular weight excluding hydrogens is 440 g/mol. The smallest absolute Gasteiger partial charge is 0.296 e. The third-order valence-electron chi connectivity index (χ3n) is 3.01. The summed E-state index contributed by atoms with van der Waals surface area (Å²) in [6.07, 6.45) is 0. The molecule has 11 N–H and O–H groups in total. The normalized spacial score (nSPS) is 12.1. The molecule has 2 aromatic rings. The fourth-order valence-corrected chi connectivity index (χ4v) is 3.76. The molecule has 2 aromatic carbocycles. The van der Waals surface area contributed by atoms with Crippen LogP contribution in [0, 0.1) is 0 Å². The molecular formula is C12H16N4O9S3. The highest BCUT2D eigenvalue weighted by Gasteiger charge is 2.22. The first-order chi connectivity index (χ1) is 12.4. The Bertz CT molecular complexity index is 1170. The Balaban J connectivity index is 0.000000292. The molecule has 0 fully saturated rings. The minimum Gasteiger partial charge on any atom is -0.399 e. The Morgan fingerprint density at radius 2 is 0.893 bits per heavy atom. The van der Waals surface area contributed by atoms with Gasteiger partial charge >= 0.3 is 0 Å². The van der Waals surface area contributed by atoms with E-state index in [1.54, 1.807) is 0 Å². The molecule has 0 atom stereocenters. The molecule has 0 amide bonds. The van der Waals surface area contributed by atoms with Crippen molar-refractivity contribution in [3.63, 3.8) is 0 Å². The molecule has 156 valence electrons. The summed E-state index contributed by atoms with van der Waals surface area (Å²) in [6.45, 7) is 0. The average Bonchev–Trinajstić information content (AvgIpc) is 2.43. The van der Waals surface area contributed by atoms with Crippen LogP contribution in [0.2, 0.25) is 0 Å². The van der Waals surface area contributed by atoms with Crippen LogP contribution in [-0.4, -0.2) is 38.9 Å². The van der Waals surface area contributed by atoms with Crippen molar-refractivity contribution in [2.45, 2.75) is 14.7 Å². The summed E-state index contributed by atoms with van der Waals surface area (Å²) in [4.78, 5) is -2.00. The van der Waals surface area contributed by atoms with Gasteiger partial charge in [-0.25, -0.2) is 0 Å². The highest BCUT2D eigenvalue weighted by atomic mass is 32.2. The fraction of sp³-hybridized carbons (Fsp3) is 0. The molecule has 16 heteroatoms. The Morgan fingerprint density at radius 3 is 1.21 bits per heavy atom. The summed E-state index contributed by atoms with van der Waals surface area (Å²) in [5.41, 5.74) is 20.5. The summed E-state index contributed by atoms with van der Waals surface area (Å²) in [7, 11) is -13.6. The Hall–Kier alpha value is -2.63. The first-order valence-corrected chi connectivity index (χ1v) is 11.0. The number of nitrogen functional groups attached to an aromatic ring is 4. The number of anilines is 4. The van der Waals surface area contributed by atoms with E-state index in [9.17, 15) is 25.3 Å². The van der Waals surface area contributed by atoms with Crippen molar-refractivity contribution in [1.82, 2.24) is 0 Å². The van der Waals surface area contributed by atoms with Gasteiger partial charge in [0, 0.05) is 5.69 Å². The number of nitrogens with two attached hydrogens (primary N) is 4. The van der Waals surface area contributed by atoms with E-state index >= 15 is 0 Å². The van der Waals surface area contributed by atoms with Crippen LogP contribution in [0.25, 0.3) is 0 Å². The van der Waals surface area contributed by atoms with Crippen LogP contribution >= 0.6 is 0 Å². The number of rotatable bonds is 3. The Kier molecular flexibility index (Phi) is 6.50. The summed E-state index contributed by atoms with van der Waals surface area (Å²) < 4.78 is 90.5. The zero-order valence-electron chi connectivity index (χ0n) is 13.7. The van der Waals surface area contributed by atoms with Gasteiger partial charge in [-0.1, -0.05) is 0 Å². The molecule has 0 aliphatic heterocycles. The van der Waals surface area contributed by atoms with E-state index in [1.165, 1.54) is 12.1 Å². The van der Waals surface area contributed by atoms with Crippen molar-refractivity contribution < 1.29 is 38.9 Å². The van der Waals surface area contributed by atoms with Crippen molar-refractivity contribution in [3.05, 3.63) is 30.3 Å². The van der Waals surface area contributed by atoms with Crippen molar-refractivity contribution >= 4 is 53.1 Å². The molecule has 0 unspecified atom stereocenters. The van der Waals surface area contributed by atoms with Gasteiger partial charge in [-0.3, -0.25) is 13.7 Å². The molecule has 0 aliphatic rings. The van der Waals surface area contributed by atoms with Gasteiger partial charge in [-0.15, -0.1) is 0 Å². The lowest BCUT2D eigenvalue weighted by molar-refractivity contribution is 0.479. The average molecular weight is 456 g/mol. The minimum atomic E-state index is -4.69. The predicted molar refractivity (Wildman–Crippen MR) is 100.0 cm³/mol. The van der Waals surface area contributed by atoms with Crippen LogP contribution in [0.15, 0.2) is 45.0 Å². The van der Waals surface area contributed by atoms with Gasteiger partial charge in [0.25, 0.3) is 30.4 Å². The van der Waals surface area contributed by atoms with Crippen molar-refractivity contribution in [3.8, 4) is 0 Å². The maximum atomic E-state index is 10.8. The highest BCUT2D eigenvalue weighted by molar-refractivity contribution is 7.87. The molecule has 0 aliphatic carbocycles. The zero-order chi connectivity index (χ0) is 22.1. The van der Waals surface area contributed by atoms with E-state index in [0.717, 1.165) is 12.1 Å². The summed E-state index contributed by atoms with van der Waals surface area (Å²) in [6, 6.07) is 5.06. The number of benzene rings is 2. The van der Waals surface area contributed by atoms with Gasteiger partial charge in [0.15, 0.2) is 0 Å². The molecule has 0 radical (unpaired) electrons. The van der Waals surface area contributed by atoms with Crippen molar-refractivity contribution in [1.29, 1.82) is 0 Å². The van der Waals surface area contributed by atoms with Crippen LogP contribution in [0.4, 0.5) is 22.7 Å². The second kappa shape index (κ2) is 7.78. The maximum Gasteiger partial charge on any atom is 0.296 e. The molecule has 0 saturated heterocycles. The molecule has 13 nitrogen and oxygen atoms in total. The molecule has 0 bridgehead atoms. The first kappa shape index (κ1) is 23.4. The number of hydrogen-bond acceptors (Lipinski definition) is 10. The minimum absolute atomic E-state index is 0.0579. The van der Waals surface area contributed by atoms with Crippen LogP contribution in [0.5, 0.6) is 0 Å². The largest absolute Gasteiger partial charge is 0.399 e. The molecule has 2 rings (SSSR count). The summed E-state index contributed by atoms with van der Waals surface area (Å²) in [5.74, 6) is 0. The topological polar surface area (TPSA) is 267 Å². The quantitative estimate of drug-likeness (QED) is 0.226. The van der Waals surface area contributed by atoms with Crippen LogP contribution in [-0.2, 0) is 30.4 Å². The van der Waals surface area contributed by atoms with Gasteiger partial charge in [0.05, 0.1) is 17.1 Å². The van der Waals surface area contributed by atoms with E-state index < -0.39 is 51.5 Å². The lowest BCUT2D eigenvalue weighted by atomic mass is 10.3. The van der Waals surface area contributed by atoms with E-state index in [4.69, 9.17) is 36.6 Å². The lowest BCUT2D eigenvalue weighted by Gasteiger charge is -2.07. The van der Waals surface area contributed by atoms with Crippen LogP contribution < -0.4 is 22.9 Å². The highest BCUT2D eigenvalue weighted by Crippen LogP contribution is 2.27. The monoisotopic (exact) mass is 456 g/mol. The van der Waals surface area contributed by atoms with E-state index in [2.05, 4.69) is 0 Å². The Labute approximate surface area is 160 Å². The van der Waals surface area contributed by atoms with Gasteiger partial charge in [-0.2, -0.15) is 25.3 Å². The van der Waals surface area contributed by atoms with E-state index in [0.29, 0.717) is 11.8 Å². The standard InChI is InChI=1S/C6H8N2O6S2.C6H8N2O3S/c7-3-1-4(8)6(16(12,13)14)2-5(3)15(9,10)11;7-4-1-2-6(5(8)3-4)12(9,10)11/h1-2H,7-8H2,(H,9,10,11)(H,12,13,14);1-3H,7-8H2,(H,9,10,11). The van der Waals surface area contributed by atoms with Gasteiger partial charge < -0.3 is 22.9 Å². The van der Waals surface area contributed by atoms with Crippen LogP contribution in [0.3, 0.4) is 0 Å². The Morgan fingerprint density at radius 1 is 0.536 bits per heavy atom. The second-order valence-corrected chi connectivity index (χ2v) is 9.32. The SMILES string of the molecule is Nc1cc(N)c(S(=O)(=O)O)cc1S(=O)(=O)O.Nc1ccc(S(=O)(=O)O)c(N)c1. The molecule has 0 spiro atoms. The predicted octanol–water partition coefficient (Wildman–Crippen LogP) is -0.558. The van der Waals surface area contributed by atoms with Crippen LogP contribution in [0.1, 0.15) is 0 Å². The fourth-order valence-electron chi connectivity index (χ4n) is 1.84. The lowest BCUT2D eigenvalue weighted by Crippen LogP contribution is -2.09. The summed E-state index contributed by atoms with van der Waals surface area (Å²) >= 11 is 0. The third kappa shape index (κ3) is 5.94. The molecule has 0 saturated carbocycles. The molecule has 0 heterocycles. The number of hydrogen-bond donors (Lipinski definition) is 7. The third-order valence-corrected chi connectivity index (χ3v) is 5.76. The maximum absolute atomic E-state index is 10.8. The molecule has 28 heavy (non-hydrogen) atoms. The zero-order valence-corrected chi connectivity index (χ0v) is 16.2. The second-order valence-electron chi connectivity index (χ2n) is 5.15.